The number of halogens is 3. The summed E-state index contributed by atoms with van der Waals surface area (Å²) < 4.78 is 40.9. The van der Waals surface area contributed by atoms with Crippen LogP contribution in [0, 0.1) is 11.8 Å². The fraction of sp³-hybridized carbons (Fsp3) is 0.409. The van der Waals surface area contributed by atoms with Crippen molar-refractivity contribution in [2.24, 2.45) is 7.05 Å². The normalized spacial score (nSPS) is 18.1. The molecule has 2 aliphatic rings. The fourth-order valence-corrected chi connectivity index (χ4v) is 4.67. The van der Waals surface area contributed by atoms with Crippen LogP contribution in [0.1, 0.15) is 6.92 Å². The lowest BCUT2D eigenvalue weighted by Gasteiger charge is -2.40. The van der Waals surface area contributed by atoms with Crippen LogP contribution in [0.25, 0.3) is 0 Å². The molecule has 4 rings (SSSR count). The van der Waals surface area contributed by atoms with Gasteiger partial charge in [0.05, 0.1) is 6.54 Å². The number of alkyl halides is 3. The van der Waals surface area contributed by atoms with E-state index in [0.717, 1.165) is 9.96 Å². The molecule has 1 saturated heterocycles. The standard InChI is InChI=1S/C22H23F3N6O3S/c1-3-4-12-30-16-17(27-20(28(2)18(16)32)35-15-8-6-5-7-9-15)31(34-19(33)22(23,24)25)21(30)29-13-10-26-11-14-29/h5-9,21,26H,10-14H2,1-2H3. The molecular weight excluding hydrogens is 485 g/mol. The number of anilines is 2. The maximum atomic E-state index is 13.5. The first kappa shape index (κ1) is 24.9. The Labute approximate surface area is 203 Å². The van der Waals surface area contributed by atoms with E-state index in [2.05, 4.69) is 22.1 Å². The highest BCUT2D eigenvalue weighted by Gasteiger charge is 2.50. The molecule has 1 aromatic carbocycles. The molecule has 0 bridgehead atoms. The van der Waals surface area contributed by atoms with Gasteiger partial charge in [0.2, 0.25) is 0 Å². The van der Waals surface area contributed by atoms with Crippen LogP contribution in [-0.2, 0) is 16.7 Å². The molecule has 1 aromatic heterocycles. The van der Waals surface area contributed by atoms with Gasteiger partial charge < -0.3 is 15.1 Å². The summed E-state index contributed by atoms with van der Waals surface area (Å²) in [6.45, 7) is 3.68. The molecule has 0 radical (unpaired) electrons. The summed E-state index contributed by atoms with van der Waals surface area (Å²) in [5.74, 6) is 3.06. The molecule has 1 fully saturated rings. The average Bonchev–Trinajstić information content (AvgIpc) is 3.14. The first-order valence-corrected chi connectivity index (χ1v) is 11.6. The minimum Gasteiger partial charge on any atom is -0.327 e. The van der Waals surface area contributed by atoms with Crippen LogP contribution in [-0.4, -0.2) is 65.6 Å². The van der Waals surface area contributed by atoms with Crippen molar-refractivity contribution in [1.82, 2.24) is 19.8 Å². The van der Waals surface area contributed by atoms with Crippen LogP contribution in [0.3, 0.4) is 0 Å². The number of carbonyl (C=O) groups is 1. The van der Waals surface area contributed by atoms with E-state index in [-0.39, 0.29) is 23.2 Å². The van der Waals surface area contributed by atoms with Gasteiger partial charge in [-0.05, 0) is 19.1 Å². The first-order chi connectivity index (χ1) is 16.7. The fourth-order valence-electron chi connectivity index (χ4n) is 3.82. The molecule has 186 valence electrons. The molecule has 0 amide bonds. The Balaban J connectivity index is 1.85. The monoisotopic (exact) mass is 508 g/mol. The molecule has 1 atom stereocenters. The van der Waals surface area contributed by atoms with E-state index >= 15 is 0 Å². The quantitative estimate of drug-likeness (QED) is 0.480. The smallest absolute Gasteiger partial charge is 0.327 e. The molecule has 3 heterocycles. The van der Waals surface area contributed by atoms with E-state index in [4.69, 9.17) is 4.84 Å². The van der Waals surface area contributed by atoms with Gasteiger partial charge in [0, 0.05) is 38.1 Å². The van der Waals surface area contributed by atoms with Gasteiger partial charge >= 0.3 is 12.1 Å². The molecule has 13 heteroatoms. The minimum atomic E-state index is -5.23. The number of aromatic nitrogens is 2. The SMILES string of the molecule is CC#CCN1c2c(nc(Sc3ccccc3)n(C)c2=O)N(OC(=O)C(F)(F)F)C1N1CCNCC1. The minimum absolute atomic E-state index is 0.0196. The number of fused-ring (bicyclic) bond motifs is 1. The van der Waals surface area contributed by atoms with E-state index in [1.54, 1.807) is 6.92 Å². The summed E-state index contributed by atoms with van der Waals surface area (Å²) in [5.41, 5.74) is -0.469. The van der Waals surface area contributed by atoms with Crippen molar-refractivity contribution >= 4 is 29.2 Å². The average molecular weight is 509 g/mol. The van der Waals surface area contributed by atoms with Crippen molar-refractivity contribution in [3.8, 4) is 11.8 Å². The van der Waals surface area contributed by atoms with E-state index in [0.29, 0.717) is 26.2 Å². The topological polar surface area (TPSA) is 82.9 Å². The molecule has 2 aromatic rings. The summed E-state index contributed by atoms with van der Waals surface area (Å²) in [6, 6.07) is 9.10. The van der Waals surface area contributed by atoms with Crippen molar-refractivity contribution in [3.63, 3.8) is 0 Å². The van der Waals surface area contributed by atoms with Gasteiger partial charge in [0.1, 0.15) is 0 Å². The van der Waals surface area contributed by atoms with Crippen LogP contribution in [0.15, 0.2) is 45.2 Å². The second-order valence-electron chi connectivity index (χ2n) is 7.74. The second kappa shape index (κ2) is 10.2. The number of hydrogen-bond acceptors (Lipinski definition) is 9. The zero-order valence-corrected chi connectivity index (χ0v) is 19.8. The van der Waals surface area contributed by atoms with Gasteiger partial charge in [0.15, 0.2) is 23.0 Å². The molecule has 2 aliphatic heterocycles. The maximum Gasteiger partial charge on any atom is 0.493 e. The van der Waals surface area contributed by atoms with Gasteiger partial charge in [-0.3, -0.25) is 14.3 Å². The molecule has 1 N–H and O–H groups in total. The van der Waals surface area contributed by atoms with Crippen LogP contribution < -0.4 is 20.8 Å². The predicted octanol–water partition coefficient (Wildman–Crippen LogP) is 1.79. The third-order valence-corrected chi connectivity index (χ3v) is 6.52. The number of hydroxylamine groups is 1. The van der Waals surface area contributed by atoms with Gasteiger partial charge in [-0.15, -0.1) is 11.0 Å². The number of nitrogens with zero attached hydrogens (tertiary/aromatic N) is 5. The Morgan fingerprint density at radius 2 is 1.94 bits per heavy atom. The van der Waals surface area contributed by atoms with E-state index in [1.807, 2.05) is 35.2 Å². The van der Waals surface area contributed by atoms with E-state index < -0.39 is 24.0 Å². The van der Waals surface area contributed by atoms with Crippen molar-refractivity contribution in [1.29, 1.82) is 0 Å². The number of carbonyl (C=O) groups excluding carboxylic acids is 1. The van der Waals surface area contributed by atoms with Crippen molar-refractivity contribution in [2.45, 2.75) is 29.4 Å². The first-order valence-electron chi connectivity index (χ1n) is 10.8. The summed E-state index contributed by atoms with van der Waals surface area (Å²) >= 11 is 1.17. The Morgan fingerprint density at radius 3 is 2.57 bits per heavy atom. The van der Waals surface area contributed by atoms with E-state index in [1.165, 1.54) is 28.3 Å². The lowest BCUT2D eigenvalue weighted by Crippen LogP contribution is -2.61. The predicted molar refractivity (Wildman–Crippen MR) is 124 cm³/mol. The second-order valence-corrected chi connectivity index (χ2v) is 8.78. The largest absolute Gasteiger partial charge is 0.493 e. The highest BCUT2D eigenvalue weighted by atomic mass is 32.2. The Kier molecular flexibility index (Phi) is 7.25. The molecule has 35 heavy (non-hydrogen) atoms. The van der Waals surface area contributed by atoms with Gasteiger partial charge in [0.25, 0.3) is 5.56 Å². The Bertz CT molecular complexity index is 1210. The third-order valence-electron chi connectivity index (χ3n) is 5.46. The molecule has 9 nitrogen and oxygen atoms in total. The van der Waals surface area contributed by atoms with E-state index in [9.17, 15) is 22.8 Å². The lowest BCUT2D eigenvalue weighted by atomic mass is 10.3. The Morgan fingerprint density at radius 1 is 1.26 bits per heavy atom. The number of nitrogens with one attached hydrogen (secondary N) is 1. The van der Waals surface area contributed by atoms with Crippen molar-refractivity contribution in [2.75, 3.05) is 42.7 Å². The van der Waals surface area contributed by atoms with Crippen molar-refractivity contribution in [3.05, 3.63) is 40.7 Å². The summed E-state index contributed by atoms with van der Waals surface area (Å²) in [6.07, 6.45) is -6.25. The zero-order valence-electron chi connectivity index (χ0n) is 19.0. The molecule has 0 saturated carbocycles. The molecule has 1 unspecified atom stereocenters. The highest BCUT2D eigenvalue weighted by Crippen LogP contribution is 2.39. The van der Waals surface area contributed by atoms with Gasteiger partial charge in [-0.25, -0.2) is 9.78 Å². The summed E-state index contributed by atoms with van der Waals surface area (Å²) in [7, 11) is 1.54. The highest BCUT2D eigenvalue weighted by molar-refractivity contribution is 7.99. The van der Waals surface area contributed by atoms with Crippen LogP contribution in [0.2, 0.25) is 0 Å². The Hall–Kier alpha value is -3.21. The van der Waals surface area contributed by atoms with Crippen LogP contribution >= 0.6 is 11.8 Å². The number of piperazine rings is 1. The van der Waals surface area contributed by atoms with Crippen molar-refractivity contribution < 1.29 is 22.8 Å². The number of benzene rings is 1. The van der Waals surface area contributed by atoms with Crippen LogP contribution in [0.5, 0.6) is 0 Å². The van der Waals surface area contributed by atoms with Gasteiger partial charge in [-0.2, -0.15) is 13.2 Å². The third kappa shape index (κ3) is 5.09. The van der Waals surface area contributed by atoms with Gasteiger partial charge in [-0.1, -0.05) is 35.9 Å². The number of hydrogen-bond donors (Lipinski definition) is 1. The summed E-state index contributed by atoms with van der Waals surface area (Å²) in [5, 5.41) is 4.20. The molecule has 0 aliphatic carbocycles. The molecular formula is C22H23F3N6O3S. The zero-order chi connectivity index (χ0) is 25.2. The summed E-state index contributed by atoms with van der Waals surface area (Å²) in [4.78, 5) is 38.9. The lowest BCUT2D eigenvalue weighted by molar-refractivity contribution is -0.203. The number of rotatable bonds is 5. The molecule has 0 spiro atoms. The maximum absolute atomic E-state index is 13.5. The van der Waals surface area contributed by atoms with Crippen LogP contribution in [0.4, 0.5) is 24.7 Å².